The summed E-state index contributed by atoms with van der Waals surface area (Å²) in [4.78, 5) is 16.4. The number of aryl methyl sites for hydroxylation is 3. The fourth-order valence-electron chi connectivity index (χ4n) is 2.98. The van der Waals surface area contributed by atoms with Crippen molar-refractivity contribution in [2.75, 3.05) is 0 Å². The number of rotatable bonds is 7. The summed E-state index contributed by atoms with van der Waals surface area (Å²) in [7, 11) is 0. The van der Waals surface area contributed by atoms with Crippen LogP contribution in [0.3, 0.4) is 0 Å². The van der Waals surface area contributed by atoms with E-state index in [2.05, 4.69) is 49.2 Å². The maximum atomic E-state index is 12.1. The van der Waals surface area contributed by atoms with Gasteiger partial charge in [0, 0.05) is 25.4 Å². The number of carbonyl (C=O) groups is 1. The van der Waals surface area contributed by atoms with Crippen LogP contribution in [-0.2, 0) is 29.1 Å². The minimum atomic E-state index is -0.195. The second-order valence-electron chi connectivity index (χ2n) is 6.55. The Kier molecular flexibility index (Phi) is 5.84. The molecule has 0 fully saturated rings. The van der Waals surface area contributed by atoms with Crippen molar-refractivity contribution in [3.05, 3.63) is 89.0 Å². The number of imidazole rings is 1. The van der Waals surface area contributed by atoms with E-state index in [1.807, 2.05) is 29.0 Å². The van der Waals surface area contributed by atoms with Gasteiger partial charge in [-0.1, -0.05) is 54.1 Å². The Labute approximate surface area is 154 Å². The van der Waals surface area contributed by atoms with Crippen molar-refractivity contribution in [3.8, 4) is 0 Å². The summed E-state index contributed by atoms with van der Waals surface area (Å²) in [6.45, 7) is 5.07. The first-order chi connectivity index (χ1) is 12.6. The lowest BCUT2D eigenvalue weighted by Crippen LogP contribution is -2.11. The predicted molar refractivity (Wildman–Crippen MR) is 102 cm³/mol. The molecule has 0 amide bonds. The van der Waals surface area contributed by atoms with Crippen LogP contribution in [0.5, 0.6) is 0 Å². The number of carbonyl (C=O) groups excluding carboxylic acids is 1. The van der Waals surface area contributed by atoms with Gasteiger partial charge in [-0.2, -0.15) is 0 Å². The number of esters is 1. The number of nitrogens with zero attached hydrogens (tertiary/aromatic N) is 2. The lowest BCUT2D eigenvalue weighted by atomic mass is 10.0. The van der Waals surface area contributed by atoms with E-state index in [4.69, 9.17) is 4.74 Å². The van der Waals surface area contributed by atoms with Gasteiger partial charge in [-0.05, 0) is 37.0 Å². The Balaban J connectivity index is 1.51. The third-order valence-corrected chi connectivity index (χ3v) is 4.46. The minimum absolute atomic E-state index is 0.195. The second-order valence-corrected chi connectivity index (χ2v) is 6.55. The van der Waals surface area contributed by atoms with Crippen LogP contribution in [0.15, 0.2) is 60.9 Å². The molecule has 2 aromatic carbocycles. The first-order valence-corrected chi connectivity index (χ1v) is 8.87. The van der Waals surface area contributed by atoms with Gasteiger partial charge in [-0.3, -0.25) is 4.79 Å². The van der Waals surface area contributed by atoms with Gasteiger partial charge in [0.15, 0.2) is 0 Å². The van der Waals surface area contributed by atoms with E-state index in [-0.39, 0.29) is 12.6 Å². The first kappa shape index (κ1) is 17.9. The quantitative estimate of drug-likeness (QED) is 0.600. The average molecular weight is 348 g/mol. The number of ether oxygens (including phenoxy) is 1. The first-order valence-electron chi connectivity index (χ1n) is 8.87. The molecule has 26 heavy (non-hydrogen) atoms. The summed E-state index contributed by atoms with van der Waals surface area (Å²) in [5.74, 6) is 0.563. The molecule has 0 aliphatic rings. The summed E-state index contributed by atoms with van der Waals surface area (Å²) < 4.78 is 7.43. The lowest BCUT2D eigenvalue weighted by Gasteiger charge is -2.10. The normalized spacial score (nSPS) is 10.7. The van der Waals surface area contributed by atoms with E-state index in [9.17, 15) is 4.79 Å². The zero-order chi connectivity index (χ0) is 18.4. The highest BCUT2D eigenvalue weighted by atomic mass is 16.5. The molecular weight excluding hydrogens is 324 g/mol. The molecule has 134 valence electrons. The highest BCUT2D eigenvalue weighted by Gasteiger charge is 2.09. The molecule has 0 saturated carbocycles. The van der Waals surface area contributed by atoms with E-state index >= 15 is 0 Å². The molecule has 0 radical (unpaired) electrons. The highest BCUT2D eigenvalue weighted by Crippen LogP contribution is 2.13. The van der Waals surface area contributed by atoms with Crippen molar-refractivity contribution in [2.45, 2.75) is 39.8 Å². The molecule has 1 heterocycles. The van der Waals surface area contributed by atoms with Gasteiger partial charge in [0.25, 0.3) is 0 Å². The van der Waals surface area contributed by atoms with Crippen LogP contribution >= 0.6 is 0 Å². The fraction of sp³-hybridized carbons (Fsp3) is 0.273. The Morgan fingerprint density at radius 1 is 1.12 bits per heavy atom. The van der Waals surface area contributed by atoms with Crippen LogP contribution in [0.1, 0.15) is 34.5 Å². The van der Waals surface area contributed by atoms with Gasteiger partial charge >= 0.3 is 5.97 Å². The standard InChI is InChI=1S/C22H24N2O2/c1-17-8-9-20(18(2)14-17)10-11-22(25)26-16-21-23-12-13-24(21)15-19-6-4-3-5-7-19/h3-9,12-14H,10-11,15-16H2,1-2H3. The summed E-state index contributed by atoms with van der Waals surface area (Å²) in [6.07, 6.45) is 4.72. The van der Waals surface area contributed by atoms with Gasteiger partial charge in [0.1, 0.15) is 12.4 Å². The van der Waals surface area contributed by atoms with Crippen LogP contribution in [-0.4, -0.2) is 15.5 Å². The van der Waals surface area contributed by atoms with Gasteiger partial charge < -0.3 is 9.30 Å². The summed E-state index contributed by atoms with van der Waals surface area (Å²) in [5, 5.41) is 0. The summed E-state index contributed by atoms with van der Waals surface area (Å²) >= 11 is 0. The highest BCUT2D eigenvalue weighted by molar-refractivity contribution is 5.69. The SMILES string of the molecule is Cc1ccc(CCC(=O)OCc2nccn2Cc2ccccc2)c(C)c1. The maximum absolute atomic E-state index is 12.1. The number of hydrogen-bond donors (Lipinski definition) is 0. The zero-order valence-electron chi connectivity index (χ0n) is 15.3. The van der Waals surface area contributed by atoms with Gasteiger partial charge in [-0.15, -0.1) is 0 Å². The van der Waals surface area contributed by atoms with Crippen LogP contribution in [0.4, 0.5) is 0 Å². The monoisotopic (exact) mass is 348 g/mol. The van der Waals surface area contributed by atoms with E-state index in [0.717, 1.165) is 12.4 Å². The predicted octanol–water partition coefficient (Wildman–Crippen LogP) is 4.22. The Morgan fingerprint density at radius 3 is 2.69 bits per heavy atom. The number of benzene rings is 2. The van der Waals surface area contributed by atoms with Crippen molar-refractivity contribution in [1.82, 2.24) is 9.55 Å². The molecule has 0 spiro atoms. The van der Waals surface area contributed by atoms with Crippen LogP contribution in [0.2, 0.25) is 0 Å². The molecule has 3 aromatic rings. The van der Waals surface area contributed by atoms with Gasteiger partial charge in [0.2, 0.25) is 0 Å². The molecule has 4 heteroatoms. The van der Waals surface area contributed by atoms with E-state index < -0.39 is 0 Å². The molecule has 1 aromatic heterocycles. The van der Waals surface area contributed by atoms with Crippen molar-refractivity contribution in [2.24, 2.45) is 0 Å². The van der Waals surface area contributed by atoms with Crippen LogP contribution in [0, 0.1) is 13.8 Å². The summed E-state index contributed by atoms with van der Waals surface area (Å²) in [5.41, 5.74) is 4.83. The molecule has 0 aliphatic heterocycles. The third kappa shape index (κ3) is 4.82. The molecule has 0 N–H and O–H groups in total. The van der Waals surface area contributed by atoms with Gasteiger partial charge in [0.05, 0.1) is 0 Å². The van der Waals surface area contributed by atoms with E-state index in [1.54, 1.807) is 6.20 Å². The van der Waals surface area contributed by atoms with Crippen molar-refractivity contribution in [3.63, 3.8) is 0 Å². The minimum Gasteiger partial charge on any atom is -0.457 e. The molecule has 0 bridgehead atoms. The Hall–Kier alpha value is -2.88. The molecule has 0 unspecified atom stereocenters. The van der Waals surface area contributed by atoms with Gasteiger partial charge in [-0.25, -0.2) is 4.98 Å². The molecule has 4 nitrogen and oxygen atoms in total. The molecular formula is C22H24N2O2. The smallest absolute Gasteiger partial charge is 0.306 e. The zero-order valence-corrected chi connectivity index (χ0v) is 15.3. The van der Waals surface area contributed by atoms with Crippen LogP contribution in [0.25, 0.3) is 0 Å². The van der Waals surface area contributed by atoms with Crippen molar-refractivity contribution < 1.29 is 9.53 Å². The number of aromatic nitrogens is 2. The Morgan fingerprint density at radius 2 is 1.92 bits per heavy atom. The third-order valence-electron chi connectivity index (χ3n) is 4.46. The van der Waals surface area contributed by atoms with E-state index in [0.29, 0.717) is 12.8 Å². The fourth-order valence-corrected chi connectivity index (χ4v) is 2.98. The lowest BCUT2D eigenvalue weighted by molar-refractivity contribution is -0.145. The molecule has 0 atom stereocenters. The summed E-state index contributed by atoms with van der Waals surface area (Å²) in [6, 6.07) is 16.5. The van der Waals surface area contributed by atoms with Crippen molar-refractivity contribution >= 4 is 5.97 Å². The van der Waals surface area contributed by atoms with Crippen molar-refractivity contribution in [1.29, 1.82) is 0 Å². The topological polar surface area (TPSA) is 44.1 Å². The second kappa shape index (κ2) is 8.48. The Bertz CT molecular complexity index is 869. The molecule has 3 rings (SSSR count). The van der Waals surface area contributed by atoms with Crippen LogP contribution < -0.4 is 0 Å². The average Bonchev–Trinajstić information content (AvgIpc) is 3.07. The molecule has 0 aliphatic carbocycles. The maximum Gasteiger partial charge on any atom is 0.306 e. The number of hydrogen-bond acceptors (Lipinski definition) is 3. The largest absolute Gasteiger partial charge is 0.457 e. The van der Waals surface area contributed by atoms with E-state index in [1.165, 1.54) is 22.3 Å². The molecule has 0 saturated heterocycles.